The van der Waals surface area contributed by atoms with Crippen LogP contribution in [-0.2, 0) is 6.42 Å². The van der Waals surface area contributed by atoms with Crippen LogP contribution in [0.2, 0.25) is 0 Å². The molecule has 0 aromatic heterocycles. The average Bonchev–Trinajstić information content (AvgIpc) is 2.14. The third kappa shape index (κ3) is 3.25. The first-order valence-corrected chi connectivity index (χ1v) is 4.70. The molecular formula is C11H15NO3. The zero-order valence-electron chi connectivity index (χ0n) is 8.90. The lowest BCUT2D eigenvalue weighted by molar-refractivity contribution is 0.0693. The van der Waals surface area contributed by atoms with Crippen molar-refractivity contribution >= 4 is 5.97 Å². The summed E-state index contributed by atoms with van der Waals surface area (Å²) in [5, 5.41) is 18.1. The van der Waals surface area contributed by atoms with Crippen LogP contribution in [0.4, 0.5) is 0 Å². The van der Waals surface area contributed by atoms with Gasteiger partial charge in [-0.25, -0.2) is 4.79 Å². The number of carbonyl (C=O) groups is 1. The molecule has 0 saturated heterocycles. The Morgan fingerprint density at radius 2 is 2.07 bits per heavy atom. The van der Waals surface area contributed by atoms with E-state index in [4.69, 9.17) is 5.11 Å². The monoisotopic (exact) mass is 209 g/mol. The van der Waals surface area contributed by atoms with Gasteiger partial charge in [0.15, 0.2) is 0 Å². The zero-order chi connectivity index (χ0) is 11.4. The molecule has 0 heterocycles. The van der Waals surface area contributed by atoms with Crippen molar-refractivity contribution in [2.75, 3.05) is 20.6 Å². The molecule has 0 aliphatic heterocycles. The van der Waals surface area contributed by atoms with Gasteiger partial charge in [-0.2, -0.15) is 0 Å². The van der Waals surface area contributed by atoms with E-state index in [0.29, 0.717) is 0 Å². The number of aromatic carboxylic acids is 1. The Morgan fingerprint density at radius 3 is 2.53 bits per heavy atom. The van der Waals surface area contributed by atoms with E-state index in [1.807, 2.05) is 19.0 Å². The number of carboxylic acids is 1. The molecule has 0 saturated carbocycles. The van der Waals surface area contributed by atoms with Crippen molar-refractivity contribution in [3.63, 3.8) is 0 Å². The van der Waals surface area contributed by atoms with Crippen molar-refractivity contribution in [2.24, 2.45) is 0 Å². The Kier molecular flexibility index (Phi) is 3.68. The van der Waals surface area contributed by atoms with Gasteiger partial charge in [-0.15, -0.1) is 0 Å². The maximum atomic E-state index is 10.6. The maximum absolute atomic E-state index is 10.6. The fourth-order valence-electron chi connectivity index (χ4n) is 1.27. The van der Waals surface area contributed by atoms with Crippen LogP contribution in [0.25, 0.3) is 0 Å². The number of phenols is 1. The Balaban J connectivity index is 2.78. The second-order valence-corrected chi connectivity index (χ2v) is 3.71. The number of hydrogen-bond donors (Lipinski definition) is 2. The molecule has 0 aliphatic rings. The highest BCUT2D eigenvalue weighted by atomic mass is 16.4. The van der Waals surface area contributed by atoms with Gasteiger partial charge in [-0.05, 0) is 38.2 Å². The lowest BCUT2D eigenvalue weighted by atomic mass is 10.1. The van der Waals surface area contributed by atoms with Gasteiger partial charge in [-0.3, -0.25) is 0 Å². The molecule has 0 unspecified atom stereocenters. The first kappa shape index (κ1) is 11.5. The van der Waals surface area contributed by atoms with Gasteiger partial charge < -0.3 is 15.1 Å². The van der Waals surface area contributed by atoms with Gasteiger partial charge in [0.05, 0.1) is 0 Å². The van der Waals surface area contributed by atoms with Crippen molar-refractivity contribution in [1.82, 2.24) is 4.90 Å². The molecule has 0 spiro atoms. The molecule has 0 aliphatic carbocycles. The predicted molar refractivity (Wildman–Crippen MR) is 57.3 cm³/mol. The molecule has 1 aromatic carbocycles. The van der Waals surface area contributed by atoms with Crippen molar-refractivity contribution < 1.29 is 15.0 Å². The van der Waals surface area contributed by atoms with Crippen LogP contribution in [0.5, 0.6) is 5.75 Å². The summed E-state index contributed by atoms with van der Waals surface area (Å²) < 4.78 is 0. The maximum Gasteiger partial charge on any atom is 0.339 e. The van der Waals surface area contributed by atoms with Crippen molar-refractivity contribution in [3.05, 3.63) is 29.3 Å². The van der Waals surface area contributed by atoms with Gasteiger partial charge >= 0.3 is 5.97 Å². The highest BCUT2D eigenvalue weighted by molar-refractivity contribution is 5.90. The Morgan fingerprint density at radius 1 is 1.40 bits per heavy atom. The van der Waals surface area contributed by atoms with E-state index in [1.54, 1.807) is 6.07 Å². The zero-order valence-corrected chi connectivity index (χ0v) is 8.90. The van der Waals surface area contributed by atoms with Crippen LogP contribution >= 0.6 is 0 Å². The van der Waals surface area contributed by atoms with Crippen molar-refractivity contribution in [2.45, 2.75) is 6.42 Å². The predicted octanol–water partition coefficient (Wildman–Crippen LogP) is 1.19. The quantitative estimate of drug-likeness (QED) is 0.782. The second-order valence-electron chi connectivity index (χ2n) is 3.71. The van der Waals surface area contributed by atoms with Crippen LogP contribution in [0, 0.1) is 0 Å². The number of benzene rings is 1. The molecule has 0 radical (unpaired) electrons. The minimum absolute atomic E-state index is 0.0522. The van der Waals surface area contributed by atoms with Crippen LogP contribution in [0.3, 0.4) is 0 Å². The molecule has 0 amide bonds. The minimum atomic E-state index is -1.10. The van der Waals surface area contributed by atoms with Crippen LogP contribution in [-0.4, -0.2) is 41.7 Å². The highest BCUT2D eigenvalue weighted by Crippen LogP contribution is 2.19. The van der Waals surface area contributed by atoms with E-state index in [1.165, 1.54) is 12.1 Å². The first-order valence-electron chi connectivity index (χ1n) is 4.70. The molecule has 0 fully saturated rings. The molecule has 4 heteroatoms. The smallest absolute Gasteiger partial charge is 0.339 e. The van der Waals surface area contributed by atoms with Gasteiger partial charge in [0.25, 0.3) is 0 Å². The molecular weight excluding hydrogens is 194 g/mol. The van der Waals surface area contributed by atoms with Crippen molar-refractivity contribution in [3.8, 4) is 5.75 Å². The van der Waals surface area contributed by atoms with Gasteiger partial charge in [0.2, 0.25) is 0 Å². The molecule has 2 N–H and O–H groups in total. The summed E-state index contributed by atoms with van der Waals surface area (Å²) in [6.07, 6.45) is 0.792. The number of carboxylic acid groups (broad SMARTS) is 1. The molecule has 1 rings (SSSR count). The summed E-state index contributed by atoms with van der Waals surface area (Å²) in [4.78, 5) is 12.7. The average molecular weight is 209 g/mol. The third-order valence-corrected chi connectivity index (χ3v) is 2.14. The molecule has 4 nitrogen and oxygen atoms in total. The number of hydrogen-bond acceptors (Lipinski definition) is 3. The summed E-state index contributed by atoms with van der Waals surface area (Å²) >= 11 is 0. The number of nitrogens with zero attached hydrogens (tertiary/aromatic N) is 1. The third-order valence-electron chi connectivity index (χ3n) is 2.14. The topological polar surface area (TPSA) is 60.8 Å². The molecule has 1 aromatic rings. The van der Waals surface area contributed by atoms with E-state index in [-0.39, 0.29) is 11.3 Å². The van der Waals surface area contributed by atoms with Crippen LogP contribution < -0.4 is 0 Å². The lowest BCUT2D eigenvalue weighted by Crippen LogP contribution is -2.15. The SMILES string of the molecule is CN(C)CCc1ccc(C(=O)O)c(O)c1. The van der Waals surface area contributed by atoms with E-state index in [0.717, 1.165) is 18.5 Å². The summed E-state index contributed by atoms with van der Waals surface area (Å²) in [5.74, 6) is -1.27. The van der Waals surface area contributed by atoms with Crippen LogP contribution in [0.1, 0.15) is 15.9 Å². The summed E-state index contributed by atoms with van der Waals surface area (Å²) in [6.45, 7) is 0.867. The van der Waals surface area contributed by atoms with Crippen molar-refractivity contribution in [1.29, 1.82) is 0 Å². The molecule has 15 heavy (non-hydrogen) atoms. The Labute approximate surface area is 88.8 Å². The summed E-state index contributed by atoms with van der Waals surface area (Å²) in [5.41, 5.74) is 0.884. The Hall–Kier alpha value is -1.55. The molecule has 82 valence electrons. The Bertz CT molecular complexity index is 361. The lowest BCUT2D eigenvalue weighted by Gasteiger charge is -2.09. The number of aromatic hydroxyl groups is 1. The van der Waals surface area contributed by atoms with E-state index in [9.17, 15) is 9.90 Å². The van der Waals surface area contributed by atoms with E-state index < -0.39 is 5.97 Å². The normalized spacial score (nSPS) is 10.6. The second kappa shape index (κ2) is 4.79. The van der Waals surface area contributed by atoms with E-state index in [2.05, 4.69) is 0 Å². The largest absolute Gasteiger partial charge is 0.507 e. The fourth-order valence-corrected chi connectivity index (χ4v) is 1.27. The molecule has 0 bridgehead atoms. The summed E-state index contributed by atoms with van der Waals surface area (Å²) in [6, 6.07) is 4.67. The standard InChI is InChI=1S/C11H15NO3/c1-12(2)6-5-8-3-4-9(11(14)15)10(13)7-8/h3-4,7,13H,5-6H2,1-2H3,(H,14,15). The minimum Gasteiger partial charge on any atom is -0.507 e. The number of rotatable bonds is 4. The van der Waals surface area contributed by atoms with Gasteiger partial charge in [0, 0.05) is 6.54 Å². The van der Waals surface area contributed by atoms with Gasteiger partial charge in [0.1, 0.15) is 11.3 Å². The van der Waals surface area contributed by atoms with E-state index >= 15 is 0 Å². The number of likely N-dealkylation sites (N-methyl/N-ethyl adjacent to an activating group) is 1. The van der Waals surface area contributed by atoms with Gasteiger partial charge in [-0.1, -0.05) is 6.07 Å². The first-order chi connectivity index (χ1) is 7.00. The fraction of sp³-hybridized carbons (Fsp3) is 0.364. The van der Waals surface area contributed by atoms with Crippen LogP contribution in [0.15, 0.2) is 18.2 Å². The molecule has 0 atom stereocenters. The summed E-state index contributed by atoms with van der Waals surface area (Å²) in [7, 11) is 3.93. The highest BCUT2D eigenvalue weighted by Gasteiger charge is 2.09.